The number of carbonyl (C=O) groups excluding carboxylic acids is 1. The molecule has 1 rings (SSSR count). The molecule has 1 heterocycles. The van der Waals surface area contributed by atoms with E-state index in [2.05, 4.69) is 14.7 Å². The molecule has 0 aliphatic heterocycles. The van der Waals surface area contributed by atoms with Gasteiger partial charge in [0.1, 0.15) is 11.9 Å². The van der Waals surface area contributed by atoms with E-state index in [1.54, 1.807) is 13.8 Å². The van der Waals surface area contributed by atoms with Crippen LogP contribution in [-0.2, 0) is 19.6 Å². The summed E-state index contributed by atoms with van der Waals surface area (Å²) in [4.78, 5) is 17.6. The zero-order valence-corrected chi connectivity index (χ0v) is 10.7. The third kappa shape index (κ3) is 3.53. The topological polar surface area (TPSA) is 101 Å². The molecule has 2 N–H and O–H groups in total. The standard InChI is InChI=1S/C9H15N3O4S/c1-4-16-9(13)6(2)12-17(14,15)8-5-10-7(3)11-8/h5-6,12H,4H2,1-3H3,(H,10,11). The lowest BCUT2D eigenvalue weighted by Crippen LogP contribution is -2.39. The summed E-state index contributed by atoms with van der Waals surface area (Å²) in [5.41, 5.74) is 0. The van der Waals surface area contributed by atoms with Crippen molar-refractivity contribution in [2.45, 2.75) is 31.8 Å². The molecular weight excluding hydrogens is 246 g/mol. The second-order valence-electron chi connectivity index (χ2n) is 3.43. The highest BCUT2D eigenvalue weighted by Gasteiger charge is 2.24. The summed E-state index contributed by atoms with van der Waals surface area (Å²) in [7, 11) is -3.77. The van der Waals surface area contributed by atoms with Crippen LogP contribution in [-0.4, -0.2) is 37.0 Å². The van der Waals surface area contributed by atoms with E-state index in [9.17, 15) is 13.2 Å². The summed E-state index contributed by atoms with van der Waals surface area (Å²) >= 11 is 0. The summed E-state index contributed by atoms with van der Waals surface area (Å²) in [5.74, 6) is -0.138. The zero-order chi connectivity index (χ0) is 13.1. The Bertz CT molecular complexity index is 494. The fraction of sp³-hybridized carbons (Fsp3) is 0.556. The molecule has 96 valence electrons. The van der Waals surface area contributed by atoms with Crippen molar-refractivity contribution in [1.82, 2.24) is 14.7 Å². The zero-order valence-electron chi connectivity index (χ0n) is 9.85. The molecule has 1 aromatic heterocycles. The lowest BCUT2D eigenvalue weighted by molar-refractivity contribution is -0.144. The summed E-state index contributed by atoms with van der Waals surface area (Å²) in [5, 5.41) is -0.0776. The molecule has 1 unspecified atom stereocenters. The first-order valence-electron chi connectivity index (χ1n) is 5.07. The quantitative estimate of drug-likeness (QED) is 0.723. The summed E-state index contributed by atoms with van der Waals surface area (Å²) in [6, 6.07) is -0.941. The molecule has 1 atom stereocenters. The average molecular weight is 261 g/mol. The number of esters is 1. The van der Waals surface area contributed by atoms with Gasteiger partial charge in [0.05, 0.1) is 12.8 Å². The molecule has 0 amide bonds. The molecule has 0 aromatic carbocycles. The molecule has 0 radical (unpaired) electrons. The summed E-state index contributed by atoms with van der Waals surface area (Å²) < 4.78 is 30.4. The number of aryl methyl sites for hydroxylation is 1. The summed E-state index contributed by atoms with van der Waals surface area (Å²) in [6.07, 6.45) is 1.19. The van der Waals surface area contributed by atoms with Crippen LogP contribution in [0.3, 0.4) is 0 Å². The van der Waals surface area contributed by atoms with Crippen LogP contribution >= 0.6 is 0 Å². The van der Waals surface area contributed by atoms with Crippen LogP contribution in [0.2, 0.25) is 0 Å². The Morgan fingerprint density at radius 1 is 1.65 bits per heavy atom. The molecule has 0 aliphatic rings. The van der Waals surface area contributed by atoms with Gasteiger partial charge in [-0.3, -0.25) is 4.79 Å². The van der Waals surface area contributed by atoms with Gasteiger partial charge in [-0.05, 0) is 20.8 Å². The molecule has 17 heavy (non-hydrogen) atoms. The number of imidazole rings is 1. The number of aromatic nitrogens is 2. The maximum absolute atomic E-state index is 11.8. The number of rotatable bonds is 5. The van der Waals surface area contributed by atoms with Crippen molar-refractivity contribution < 1.29 is 17.9 Å². The largest absolute Gasteiger partial charge is 0.465 e. The van der Waals surface area contributed by atoms with E-state index in [-0.39, 0.29) is 11.6 Å². The van der Waals surface area contributed by atoms with Gasteiger partial charge in [-0.2, -0.15) is 4.72 Å². The second kappa shape index (κ2) is 5.28. The van der Waals surface area contributed by atoms with Crippen molar-refractivity contribution in [3.05, 3.63) is 12.0 Å². The molecule has 0 saturated carbocycles. The lowest BCUT2D eigenvalue weighted by atomic mass is 10.4. The van der Waals surface area contributed by atoms with E-state index in [1.807, 2.05) is 0 Å². The van der Waals surface area contributed by atoms with Crippen molar-refractivity contribution in [1.29, 1.82) is 0 Å². The third-order valence-electron chi connectivity index (χ3n) is 1.94. The van der Waals surface area contributed by atoms with Gasteiger partial charge in [0.2, 0.25) is 0 Å². The Balaban J connectivity index is 2.77. The number of ether oxygens (including phenoxy) is 1. The predicted octanol–water partition coefficient (Wildman–Crippen LogP) is -0.0520. The first-order chi connectivity index (χ1) is 7.86. The number of nitrogens with zero attached hydrogens (tertiary/aromatic N) is 1. The average Bonchev–Trinajstić information content (AvgIpc) is 2.65. The number of H-pyrrole nitrogens is 1. The smallest absolute Gasteiger partial charge is 0.323 e. The number of hydrogen-bond donors (Lipinski definition) is 2. The Hall–Kier alpha value is -1.41. The minimum Gasteiger partial charge on any atom is -0.465 e. The van der Waals surface area contributed by atoms with Crippen LogP contribution in [0, 0.1) is 6.92 Å². The Morgan fingerprint density at radius 3 is 2.76 bits per heavy atom. The van der Waals surface area contributed by atoms with Gasteiger partial charge in [0, 0.05) is 0 Å². The van der Waals surface area contributed by atoms with Crippen LogP contribution in [0.25, 0.3) is 0 Å². The van der Waals surface area contributed by atoms with E-state index in [0.29, 0.717) is 5.82 Å². The van der Waals surface area contributed by atoms with Gasteiger partial charge < -0.3 is 9.72 Å². The predicted molar refractivity (Wildman–Crippen MR) is 59.7 cm³/mol. The maximum atomic E-state index is 11.8. The monoisotopic (exact) mass is 261 g/mol. The van der Waals surface area contributed by atoms with Gasteiger partial charge in [-0.1, -0.05) is 0 Å². The third-order valence-corrected chi connectivity index (χ3v) is 3.39. The summed E-state index contributed by atoms with van der Waals surface area (Å²) in [6.45, 7) is 4.90. The van der Waals surface area contributed by atoms with Gasteiger partial charge in [-0.15, -0.1) is 0 Å². The molecule has 8 heteroatoms. The van der Waals surface area contributed by atoms with Crippen molar-refractivity contribution in [2.75, 3.05) is 6.61 Å². The SMILES string of the molecule is CCOC(=O)C(C)NS(=O)(=O)c1cnc(C)[nH]1. The van der Waals surface area contributed by atoms with E-state index >= 15 is 0 Å². The van der Waals surface area contributed by atoms with Crippen LogP contribution in [0.15, 0.2) is 11.2 Å². The van der Waals surface area contributed by atoms with Gasteiger partial charge in [0.15, 0.2) is 5.03 Å². The Morgan fingerprint density at radius 2 is 2.29 bits per heavy atom. The number of sulfonamides is 1. The second-order valence-corrected chi connectivity index (χ2v) is 5.11. The van der Waals surface area contributed by atoms with E-state index < -0.39 is 22.0 Å². The number of aromatic amines is 1. The number of nitrogens with one attached hydrogen (secondary N) is 2. The molecule has 0 saturated heterocycles. The lowest BCUT2D eigenvalue weighted by Gasteiger charge is -2.11. The van der Waals surface area contributed by atoms with Crippen molar-refractivity contribution in [2.24, 2.45) is 0 Å². The van der Waals surface area contributed by atoms with E-state index in [4.69, 9.17) is 4.74 Å². The highest BCUT2D eigenvalue weighted by Crippen LogP contribution is 2.06. The van der Waals surface area contributed by atoms with Gasteiger partial charge >= 0.3 is 5.97 Å². The fourth-order valence-electron chi connectivity index (χ4n) is 1.15. The molecule has 0 fully saturated rings. The number of carbonyl (C=O) groups is 1. The highest BCUT2D eigenvalue weighted by atomic mass is 32.2. The molecule has 0 spiro atoms. The molecule has 0 aliphatic carbocycles. The minimum absolute atomic E-state index is 0.0776. The normalized spacial score (nSPS) is 13.4. The fourth-order valence-corrected chi connectivity index (χ4v) is 2.31. The van der Waals surface area contributed by atoms with Crippen LogP contribution in [0.1, 0.15) is 19.7 Å². The Kier molecular flexibility index (Phi) is 4.24. The van der Waals surface area contributed by atoms with Crippen molar-refractivity contribution >= 4 is 16.0 Å². The molecular formula is C9H15N3O4S. The molecule has 7 nitrogen and oxygen atoms in total. The minimum atomic E-state index is -3.77. The Labute approximate surface area is 99.6 Å². The van der Waals surface area contributed by atoms with E-state index in [1.165, 1.54) is 13.1 Å². The number of hydrogen-bond acceptors (Lipinski definition) is 5. The molecule has 0 bridgehead atoms. The maximum Gasteiger partial charge on any atom is 0.323 e. The van der Waals surface area contributed by atoms with Crippen LogP contribution in [0.4, 0.5) is 0 Å². The van der Waals surface area contributed by atoms with Crippen molar-refractivity contribution in [3.63, 3.8) is 0 Å². The van der Waals surface area contributed by atoms with Crippen molar-refractivity contribution in [3.8, 4) is 0 Å². The first kappa shape index (κ1) is 13.7. The van der Waals surface area contributed by atoms with E-state index in [0.717, 1.165) is 0 Å². The van der Waals surface area contributed by atoms with Gasteiger partial charge in [0.25, 0.3) is 10.0 Å². The highest BCUT2D eigenvalue weighted by molar-refractivity contribution is 7.89. The van der Waals surface area contributed by atoms with Gasteiger partial charge in [-0.25, -0.2) is 13.4 Å². The van der Waals surface area contributed by atoms with Crippen LogP contribution in [0.5, 0.6) is 0 Å². The van der Waals surface area contributed by atoms with Crippen LogP contribution < -0.4 is 4.72 Å². The molecule has 1 aromatic rings. The first-order valence-corrected chi connectivity index (χ1v) is 6.55.